The van der Waals surface area contributed by atoms with Crippen LogP contribution in [0, 0.1) is 11.8 Å². The van der Waals surface area contributed by atoms with Gasteiger partial charge in [0.1, 0.15) is 5.60 Å². The number of nitrogens with one attached hydrogen (secondary N) is 2. The normalized spacial score (nSPS) is 27.6. The third kappa shape index (κ3) is 5.50. The molecule has 122 valence electrons. The Morgan fingerprint density at radius 3 is 2.57 bits per heavy atom. The highest BCUT2D eigenvalue weighted by molar-refractivity contribution is 5.67. The Morgan fingerprint density at radius 2 is 1.90 bits per heavy atom. The van der Waals surface area contributed by atoms with Gasteiger partial charge in [-0.1, -0.05) is 19.3 Å². The number of amides is 1. The van der Waals surface area contributed by atoms with Gasteiger partial charge in [-0.25, -0.2) is 4.79 Å². The summed E-state index contributed by atoms with van der Waals surface area (Å²) in [6, 6.07) is 0.672. The Hall–Kier alpha value is -0.770. The number of carbonyl (C=O) groups excluding carboxylic acids is 1. The van der Waals surface area contributed by atoms with Crippen LogP contribution in [-0.4, -0.2) is 30.8 Å². The fourth-order valence-electron chi connectivity index (χ4n) is 3.82. The van der Waals surface area contributed by atoms with E-state index in [-0.39, 0.29) is 6.09 Å². The van der Waals surface area contributed by atoms with Gasteiger partial charge in [-0.3, -0.25) is 0 Å². The lowest BCUT2D eigenvalue weighted by Gasteiger charge is -2.31. The molecule has 4 heteroatoms. The SMILES string of the molecule is CC(C)(C)OC(=O)NCCC1CCNC1C1CCCCC1. The number of rotatable bonds is 4. The third-order valence-corrected chi connectivity index (χ3v) is 4.74. The number of hydrogen-bond donors (Lipinski definition) is 2. The number of carbonyl (C=O) groups is 1. The van der Waals surface area contributed by atoms with Crippen molar-refractivity contribution >= 4 is 6.09 Å². The molecule has 2 N–H and O–H groups in total. The van der Waals surface area contributed by atoms with E-state index in [9.17, 15) is 4.79 Å². The first-order valence-electron chi connectivity index (χ1n) is 8.66. The second-order valence-electron chi connectivity index (χ2n) is 7.64. The largest absolute Gasteiger partial charge is 0.444 e. The molecule has 0 aromatic rings. The second-order valence-corrected chi connectivity index (χ2v) is 7.64. The van der Waals surface area contributed by atoms with Crippen LogP contribution in [0.25, 0.3) is 0 Å². The van der Waals surface area contributed by atoms with Crippen LogP contribution in [0.5, 0.6) is 0 Å². The highest BCUT2D eigenvalue weighted by atomic mass is 16.6. The van der Waals surface area contributed by atoms with Crippen molar-refractivity contribution in [1.82, 2.24) is 10.6 Å². The van der Waals surface area contributed by atoms with Crippen LogP contribution >= 0.6 is 0 Å². The summed E-state index contributed by atoms with van der Waals surface area (Å²) in [6.45, 7) is 7.55. The van der Waals surface area contributed by atoms with Gasteiger partial charge in [-0.15, -0.1) is 0 Å². The minimum Gasteiger partial charge on any atom is -0.444 e. The lowest BCUT2D eigenvalue weighted by atomic mass is 9.78. The molecule has 2 rings (SSSR count). The zero-order valence-electron chi connectivity index (χ0n) is 13.9. The molecule has 0 aromatic heterocycles. The molecular weight excluding hydrogens is 264 g/mol. The summed E-state index contributed by atoms with van der Waals surface area (Å²) in [5.74, 6) is 1.57. The molecule has 21 heavy (non-hydrogen) atoms. The van der Waals surface area contributed by atoms with Gasteiger partial charge in [0.2, 0.25) is 0 Å². The van der Waals surface area contributed by atoms with Gasteiger partial charge in [0.15, 0.2) is 0 Å². The third-order valence-electron chi connectivity index (χ3n) is 4.74. The lowest BCUT2D eigenvalue weighted by Crippen LogP contribution is -2.38. The summed E-state index contributed by atoms with van der Waals surface area (Å²) in [5.41, 5.74) is -0.413. The van der Waals surface area contributed by atoms with Crippen molar-refractivity contribution in [3.63, 3.8) is 0 Å². The van der Waals surface area contributed by atoms with E-state index in [4.69, 9.17) is 4.74 Å². The maximum atomic E-state index is 11.7. The Morgan fingerprint density at radius 1 is 1.19 bits per heavy atom. The molecule has 0 spiro atoms. The summed E-state index contributed by atoms with van der Waals surface area (Å²) in [5, 5.41) is 6.61. The first kappa shape index (κ1) is 16.6. The van der Waals surface area contributed by atoms with E-state index in [2.05, 4.69) is 10.6 Å². The van der Waals surface area contributed by atoms with Gasteiger partial charge in [-0.05, 0) is 64.8 Å². The van der Waals surface area contributed by atoms with Gasteiger partial charge in [0.05, 0.1) is 0 Å². The van der Waals surface area contributed by atoms with E-state index in [0.29, 0.717) is 12.0 Å². The molecule has 1 heterocycles. The zero-order chi connectivity index (χ0) is 15.3. The van der Waals surface area contributed by atoms with Crippen LogP contribution in [0.15, 0.2) is 0 Å². The molecule has 4 nitrogen and oxygen atoms in total. The Kier molecular flexibility index (Phi) is 5.91. The van der Waals surface area contributed by atoms with Crippen molar-refractivity contribution in [3.05, 3.63) is 0 Å². The van der Waals surface area contributed by atoms with Crippen molar-refractivity contribution in [2.45, 2.75) is 77.4 Å². The highest BCUT2D eigenvalue weighted by Gasteiger charge is 2.33. The molecule has 1 saturated heterocycles. The van der Waals surface area contributed by atoms with Crippen molar-refractivity contribution in [2.24, 2.45) is 11.8 Å². The topological polar surface area (TPSA) is 50.4 Å². The lowest BCUT2D eigenvalue weighted by molar-refractivity contribution is 0.0523. The molecule has 1 saturated carbocycles. The highest BCUT2D eigenvalue weighted by Crippen LogP contribution is 2.34. The molecule has 1 amide bonds. The van der Waals surface area contributed by atoms with Gasteiger partial charge >= 0.3 is 6.09 Å². The Balaban J connectivity index is 1.70. The number of alkyl carbamates (subject to hydrolysis) is 1. The Bertz CT molecular complexity index is 332. The monoisotopic (exact) mass is 296 g/mol. The fraction of sp³-hybridized carbons (Fsp3) is 0.941. The van der Waals surface area contributed by atoms with E-state index >= 15 is 0 Å². The average molecular weight is 296 g/mol. The minimum absolute atomic E-state index is 0.289. The van der Waals surface area contributed by atoms with E-state index in [0.717, 1.165) is 25.4 Å². The van der Waals surface area contributed by atoms with Crippen LogP contribution in [0.2, 0.25) is 0 Å². The van der Waals surface area contributed by atoms with Crippen molar-refractivity contribution < 1.29 is 9.53 Å². The quantitative estimate of drug-likeness (QED) is 0.835. The zero-order valence-corrected chi connectivity index (χ0v) is 13.9. The predicted molar refractivity (Wildman–Crippen MR) is 85.3 cm³/mol. The predicted octanol–water partition coefficient (Wildman–Crippen LogP) is 3.46. The van der Waals surface area contributed by atoms with Gasteiger partial charge in [-0.2, -0.15) is 0 Å². The second kappa shape index (κ2) is 7.48. The van der Waals surface area contributed by atoms with E-state index in [1.165, 1.54) is 38.5 Å². The standard InChI is InChI=1S/C17H32N2O2/c1-17(2,3)21-16(20)19-12-10-14-9-11-18-15(14)13-7-5-4-6-8-13/h13-15,18H,4-12H2,1-3H3,(H,19,20). The molecule has 0 aromatic carbocycles. The van der Waals surface area contributed by atoms with Crippen LogP contribution in [0.3, 0.4) is 0 Å². The minimum atomic E-state index is -0.413. The van der Waals surface area contributed by atoms with Crippen LogP contribution in [0.1, 0.15) is 65.7 Å². The molecule has 2 aliphatic rings. The Labute approximate surface area is 129 Å². The molecule has 2 fully saturated rings. The van der Waals surface area contributed by atoms with Gasteiger partial charge in [0, 0.05) is 12.6 Å². The number of ether oxygens (including phenoxy) is 1. The summed E-state index contributed by atoms with van der Waals surface area (Å²) < 4.78 is 5.28. The molecule has 1 aliphatic heterocycles. The maximum absolute atomic E-state index is 11.7. The fourth-order valence-corrected chi connectivity index (χ4v) is 3.82. The number of hydrogen-bond acceptors (Lipinski definition) is 3. The van der Waals surface area contributed by atoms with E-state index in [1.54, 1.807) is 0 Å². The van der Waals surface area contributed by atoms with Gasteiger partial charge in [0.25, 0.3) is 0 Å². The summed E-state index contributed by atoms with van der Waals surface area (Å²) in [7, 11) is 0. The molecular formula is C17H32N2O2. The first-order valence-corrected chi connectivity index (χ1v) is 8.66. The van der Waals surface area contributed by atoms with Crippen LogP contribution in [-0.2, 0) is 4.74 Å². The van der Waals surface area contributed by atoms with E-state index in [1.807, 2.05) is 20.8 Å². The van der Waals surface area contributed by atoms with Crippen LogP contribution in [0.4, 0.5) is 4.79 Å². The van der Waals surface area contributed by atoms with Crippen LogP contribution < -0.4 is 10.6 Å². The summed E-state index contributed by atoms with van der Waals surface area (Å²) in [4.78, 5) is 11.7. The summed E-state index contributed by atoms with van der Waals surface area (Å²) >= 11 is 0. The van der Waals surface area contributed by atoms with Gasteiger partial charge < -0.3 is 15.4 Å². The molecule has 0 radical (unpaired) electrons. The smallest absolute Gasteiger partial charge is 0.407 e. The maximum Gasteiger partial charge on any atom is 0.407 e. The summed E-state index contributed by atoms with van der Waals surface area (Å²) in [6.07, 6.45) is 8.99. The molecule has 2 unspecified atom stereocenters. The van der Waals surface area contributed by atoms with Crippen molar-refractivity contribution in [1.29, 1.82) is 0 Å². The average Bonchev–Trinajstić information content (AvgIpc) is 2.86. The van der Waals surface area contributed by atoms with Crippen molar-refractivity contribution in [2.75, 3.05) is 13.1 Å². The van der Waals surface area contributed by atoms with E-state index < -0.39 is 5.60 Å². The first-order chi connectivity index (χ1) is 9.96. The molecule has 2 atom stereocenters. The van der Waals surface area contributed by atoms with Crippen molar-refractivity contribution in [3.8, 4) is 0 Å². The molecule has 1 aliphatic carbocycles. The molecule has 0 bridgehead atoms.